The molecule has 0 fully saturated rings. The van der Waals surface area contributed by atoms with Crippen molar-refractivity contribution in [3.8, 4) is 0 Å². The first-order chi connectivity index (χ1) is 9.04. The van der Waals surface area contributed by atoms with E-state index in [1.807, 2.05) is 11.8 Å². The predicted octanol–water partition coefficient (Wildman–Crippen LogP) is 3.35. The van der Waals surface area contributed by atoms with E-state index in [1.54, 1.807) is 6.26 Å². The summed E-state index contributed by atoms with van der Waals surface area (Å²) in [6.07, 6.45) is 5.18. The van der Waals surface area contributed by atoms with E-state index >= 15 is 0 Å². The molecule has 0 aliphatic heterocycles. The van der Waals surface area contributed by atoms with E-state index < -0.39 is 0 Å². The van der Waals surface area contributed by atoms with E-state index in [2.05, 4.69) is 50.4 Å². The van der Waals surface area contributed by atoms with Crippen molar-refractivity contribution in [1.29, 1.82) is 0 Å². The van der Waals surface area contributed by atoms with Gasteiger partial charge in [0.1, 0.15) is 5.76 Å². The Morgan fingerprint density at radius 2 is 2.11 bits per heavy atom. The van der Waals surface area contributed by atoms with Gasteiger partial charge in [-0.2, -0.15) is 11.8 Å². The molecule has 0 radical (unpaired) electrons. The molecule has 1 aromatic rings. The quantitative estimate of drug-likeness (QED) is 0.753. The summed E-state index contributed by atoms with van der Waals surface area (Å²) in [6.45, 7) is 8.38. The van der Waals surface area contributed by atoms with Crippen LogP contribution in [0.2, 0.25) is 0 Å². The molecule has 1 N–H and O–H groups in total. The van der Waals surface area contributed by atoms with Crippen LogP contribution in [0.1, 0.15) is 38.5 Å². The molecule has 1 unspecified atom stereocenters. The van der Waals surface area contributed by atoms with Crippen LogP contribution in [0.25, 0.3) is 0 Å². The maximum absolute atomic E-state index is 5.64. The lowest BCUT2D eigenvalue weighted by Crippen LogP contribution is -2.29. The fourth-order valence-electron chi connectivity index (χ4n) is 1.87. The van der Waals surface area contributed by atoms with Crippen molar-refractivity contribution in [2.75, 3.05) is 19.1 Å². The Hall–Kier alpha value is -0.450. The number of nitrogens with zero attached hydrogens (tertiary/aromatic N) is 1. The molecule has 0 bridgehead atoms. The molecule has 0 amide bonds. The van der Waals surface area contributed by atoms with Crippen LogP contribution in [0, 0.1) is 0 Å². The number of rotatable bonds is 9. The number of hydrogen-bond acceptors (Lipinski definition) is 4. The first kappa shape index (κ1) is 16.6. The SMILES string of the molecule is CSCCC(C)N(C)Cc1occc1CNC(C)C. The molecular formula is C15H28N2OS. The number of furan rings is 1. The Morgan fingerprint density at radius 3 is 2.74 bits per heavy atom. The molecule has 4 heteroatoms. The first-order valence-electron chi connectivity index (χ1n) is 7.02. The van der Waals surface area contributed by atoms with Gasteiger partial charge in [0.05, 0.1) is 12.8 Å². The van der Waals surface area contributed by atoms with Gasteiger partial charge in [0.2, 0.25) is 0 Å². The minimum absolute atomic E-state index is 0.501. The van der Waals surface area contributed by atoms with Crippen LogP contribution >= 0.6 is 11.8 Å². The summed E-state index contributed by atoms with van der Waals surface area (Å²) in [7, 11) is 2.17. The summed E-state index contributed by atoms with van der Waals surface area (Å²) >= 11 is 1.91. The van der Waals surface area contributed by atoms with Gasteiger partial charge in [0, 0.05) is 24.2 Å². The molecule has 3 nitrogen and oxygen atoms in total. The van der Waals surface area contributed by atoms with Crippen LogP contribution < -0.4 is 5.32 Å². The predicted molar refractivity (Wildman–Crippen MR) is 84.6 cm³/mol. The molecule has 0 saturated heterocycles. The van der Waals surface area contributed by atoms with Gasteiger partial charge in [0.15, 0.2) is 0 Å². The number of nitrogens with one attached hydrogen (secondary N) is 1. The highest BCUT2D eigenvalue weighted by molar-refractivity contribution is 7.98. The fraction of sp³-hybridized carbons (Fsp3) is 0.733. The fourth-order valence-corrected chi connectivity index (χ4v) is 2.45. The van der Waals surface area contributed by atoms with Crippen molar-refractivity contribution in [3.05, 3.63) is 23.7 Å². The number of thioether (sulfide) groups is 1. The highest BCUT2D eigenvalue weighted by Gasteiger charge is 2.14. The minimum atomic E-state index is 0.501. The Kier molecular flexibility index (Phi) is 7.57. The lowest BCUT2D eigenvalue weighted by Gasteiger charge is -2.24. The van der Waals surface area contributed by atoms with Crippen molar-refractivity contribution >= 4 is 11.8 Å². The Labute approximate surface area is 122 Å². The van der Waals surface area contributed by atoms with Crippen molar-refractivity contribution in [1.82, 2.24) is 10.2 Å². The molecule has 0 aromatic carbocycles. The van der Waals surface area contributed by atoms with Gasteiger partial charge in [-0.25, -0.2) is 0 Å². The molecule has 0 spiro atoms. The maximum atomic E-state index is 5.64. The maximum Gasteiger partial charge on any atom is 0.122 e. The lowest BCUT2D eigenvalue weighted by atomic mass is 10.2. The smallest absolute Gasteiger partial charge is 0.122 e. The van der Waals surface area contributed by atoms with Crippen LogP contribution in [0.4, 0.5) is 0 Å². The van der Waals surface area contributed by atoms with Gasteiger partial charge in [-0.15, -0.1) is 0 Å². The van der Waals surface area contributed by atoms with E-state index in [0.29, 0.717) is 12.1 Å². The van der Waals surface area contributed by atoms with Gasteiger partial charge in [0.25, 0.3) is 0 Å². The third kappa shape index (κ3) is 6.02. The van der Waals surface area contributed by atoms with Crippen molar-refractivity contribution < 1.29 is 4.42 Å². The monoisotopic (exact) mass is 284 g/mol. The Bertz CT molecular complexity index is 352. The normalized spacial score (nSPS) is 13.4. The van der Waals surface area contributed by atoms with E-state index in [9.17, 15) is 0 Å². The van der Waals surface area contributed by atoms with Crippen molar-refractivity contribution in [3.63, 3.8) is 0 Å². The minimum Gasteiger partial charge on any atom is -0.468 e. The standard InChI is InChI=1S/C15H28N2OS/c1-12(2)16-10-14-6-8-18-15(14)11-17(4)13(3)7-9-19-5/h6,8,12-13,16H,7,9-11H2,1-5H3. The van der Waals surface area contributed by atoms with E-state index in [-0.39, 0.29) is 0 Å². The average Bonchev–Trinajstić information content (AvgIpc) is 2.80. The van der Waals surface area contributed by atoms with Gasteiger partial charge < -0.3 is 9.73 Å². The van der Waals surface area contributed by atoms with Gasteiger partial charge in [-0.1, -0.05) is 13.8 Å². The molecule has 1 rings (SSSR count). The summed E-state index contributed by atoms with van der Waals surface area (Å²) in [4.78, 5) is 2.37. The summed E-state index contributed by atoms with van der Waals surface area (Å²) in [5.41, 5.74) is 1.28. The molecule has 0 saturated carbocycles. The highest BCUT2D eigenvalue weighted by atomic mass is 32.2. The largest absolute Gasteiger partial charge is 0.468 e. The second-order valence-corrected chi connectivity index (χ2v) is 6.44. The zero-order chi connectivity index (χ0) is 14.3. The first-order valence-corrected chi connectivity index (χ1v) is 8.41. The van der Waals surface area contributed by atoms with Crippen molar-refractivity contribution in [2.24, 2.45) is 0 Å². The Balaban J connectivity index is 2.49. The van der Waals surface area contributed by atoms with Crippen LogP contribution in [-0.4, -0.2) is 36.0 Å². The zero-order valence-electron chi connectivity index (χ0n) is 12.9. The van der Waals surface area contributed by atoms with Crippen LogP contribution in [0.3, 0.4) is 0 Å². The third-order valence-corrected chi connectivity index (χ3v) is 4.07. The Morgan fingerprint density at radius 1 is 1.37 bits per heavy atom. The molecule has 0 aliphatic carbocycles. The van der Waals surface area contributed by atoms with Gasteiger partial charge >= 0.3 is 0 Å². The van der Waals surface area contributed by atoms with Crippen LogP contribution in [0.15, 0.2) is 16.7 Å². The van der Waals surface area contributed by atoms with E-state index in [1.165, 1.54) is 17.7 Å². The van der Waals surface area contributed by atoms with Gasteiger partial charge in [-0.05, 0) is 38.5 Å². The van der Waals surface area contributed by atoms with E-state index in [4.69, 9.17) is 4.42 Å². The molecule has 1 atom stereocenters. The van der Waals surface area contributed by atoms with Gasteiger partial charge in [-0.3, -0.25) is 4.90 Å². The number of hydrogen-bond donors (Lipinski definition) is 1. The molecule has 1 heterocycles. The molecular weight excluding hydrogens is 256 g/mol. The van der Waals surface area contributed by atoms with Crippen LogP contribution in [-0.2, 0) is 13.1 Å². The van der Waals surface area contributed by atoms with Crippen molar-refractivity contribution in [2.45, 2.75) is 52.4 Å². The lowest BCUT2D eigenvalue weighted by molar-refractivity contribution is 0.225. The highest BCUT2D eigenvalue weighted by Crippen LogP contribution is 2.15. The second kappa shape index (κ2) is 8.67. The van der Waals surface area contributed by atoms with E-state index in [0.717, 1.165) is 18.8 Å². The molecule has 19 heavy (non-hydrogen) atoms. The summed E-state index contributed by atoms with van der Waals surface area (Å²) in [5, 5.41) is 3.44. The molecule has 110 valence electrons. The zero-order valence-corrected chi connectivity index (χ0v) is 13.7. The second-order valence-electron chi connectivity index (χ2n) is 5.45. The summed E-state index contributed by atoms with van der Waals surface area (Å²) < 4.78 is 5.64. The summed E-state index contributed by atoms with van der Waals surface area (Å²) in [5.74, 6) is 2.30. The topological polar surface area (TPSA) is 28.4 Å². The van der Waals surface area contributed by atoms with Crippen LogP contribution in [0.5, 0.6) is 0 Å². The molecule has 1 aromatic heterocycles. The average molecular weight is 284 g/mol. The summed E-state index contributed by atoms with van der Waals surface area (Å²) in [6, 6.07) is 3.16. The molecule has 0 aliphatic rings. The third-order valence-electron chi connectivity index (χ3n) is 3.42.